The zero-order valence-corrected chi connectivity index (χ0v) is 18.2. The standard InChI is InChI=1S/C21H36N4O3/c1-7-10-13-22-21(23-15-20(26)25(5)6)24-16(4)17-11-12-18(27-8-2)19(14-17)28-9-3/h11-12,14,16H,7-10,13,15H2,1-6H3,(H2,22,23,24). The number of aliphatic imine (C=N–C) groups is 1. The quantitative estimate of drug-likeness (QED) is 0.344. The average Bonchev–Trinajstić information content (AvgIpc) is 2.67. The topological polar surface area (TPSA) is 75.2 Å². The van der Waals surface area contributed by atoms with E-state index in [0.717, 1.165) is 36.4 Å². The van der Waals surface area contributed by atoms with E-state index < -0.39 is 0 Å². The zero-order valence-electron chi connectivity index (χ0n) is 18.2. The van der Waals surface area contributed by atoms with E-state index >= 15 is 0 Å². The van der Waals surface area contributed by atoms with Crippen molar-refractivity contribution in [2.45, 2.75) is 46.6 Å². The molecule has 7 nitrogen and oxygen atoms in total. The van der Waals surface area contributed by atoms with Gasteiger partial charge in [0.2, 0.25) is 5.91 Å². The van der Waals surface area contributed by atoms with E-state index in [-0.39, 0.29) is 18.5 Å². The molecule has 0 aliphatic carbocycles. The first-order valence-corrected chi connectivity index (χ1v) is 10.1. The molecule has 158 valence electrons. The van der Waals surface area contributed by atoms with Crippen molar-refractivity contribution < 1.29 is 14.3 Å². The molecule has 0 radical (unpaired) electrons. The van der Waals surface area contributed by atoms with Crippen molar-refractivity contribution in [3.8, 4) is 11.5 Å². The number of hydrogen-bond donors (Lipinski definition) is 2. The van der Waals surface area contributed by atoms with Crippen LogP contribution in [0.2, 0.25) is 0 Å². The van der Waals surface area contributed by atoms with Gasteiger partial charge >= 0.3 is 0 Å². The molecule has 0 saturated carbocycles. The van der Waals surface area contributed by atoms with E-state index in [1.807, 2.05) is 32.0 Å². The molecule has 2 N–H and O–H groups in total. The molecule has 0 aromatic heterocycles. The molecule has 0 saturated heterocycles. The maximum atomic E-state index is 11.9. The van der Waals surface area contributed by atoms with Crippen molar-refractivity contribution in [2.24, 2.45) is 4.99 Å². The van der Waals surface area contributed by atoms with E-state index in [1.165, 1.54) is 4.90 Å². The van der Waals surface area contributed by atoms with Crippen LogP contribution in [0.5, 0.6) is 11.5 Å². The molecule has 0 heterocycles. The second-order valence-corrected chi connectivity index (χ2v) is 6.67. The summed E-state index contributed by atoms with van der Waals surface area (Å²) in [6.45, 7) is 10.2. The second-order valence-electron chi connectivity index (χ2n) is 6.67. The summed E-state index contributed by atoms with van der Waals surface area (Å²) in [7, 11) is 3.46. The van der Waals surface area contributed by atoms with Gasteiger partial charge in [-0.25, -0.2) is 4.99 Å². The molecule has 0 fully saturated rings. The molecule has 1 aromatic rings. The monoisotopic (exact) mass is 392 g/mol. The Balaban J connectivity index is 2.92. The number of hydrogen-bond acceptors (Lipinski definition) is 4. The second kappa shape index (κ2) is 12.9. The third kappa shape index (κ3) is 8.06. The lowest BCUT2D eigenvalue weighted by Gasteiger charge is -2.20. The summed E-state index contributed by atoms with van der Waals surface area (Å²) in [6.07, 6.45) is 2.12. The lowest BCUT2D eigenvalue weighted by atomic mass is 10.1. The highest BCUT2D eigenvalue weighted by Crippen LogP contribution is 2.30. The summed E-state index contributed by atoms with van der Waals surface area (Å²) >= 11 is 0. The lowest BCUT2D eigenvalue weighted by Crippen LogP contribution is -2.40. The van der Waals surface area contributed by atoms with E-state index in [0.29, 0.717) is 19.2 Å². The number of carbonyl (C=O) groups excluding carboxylic acids is 1. The summed E-state index contributed by atoms with van der Waals surface area (Å²) in [5, 5.41) is 6.68. The van der Waals surface area contributed by atoms with E-state index in [2.05, 4.69) is 29.5 Å². The maximum Gasteiger partial charge on any atom is 0.243 e. The van der Waals surface area contributed by atoms with Crippen LogP contribution in [0.25, 0.3) is 0 Å². The van der Waals surface area contributed by atoms with Crippen molar-refractivity contribution in [1.29, 1.82) is 0 Å². The molecule has 0 bridgehead atoms. The van der Waals surface area contributed by atoms with Gasteiger partial charge in [0, 0.05) is 20.6 Å². The number of nitrogens with zero attached hydrogens (tertiary/aromatic N) is 2. The van der Waals surface area contributed by atoms with Crippen molar-refractivity contribution in [3.63, 3.8) is 0 Å². The van der Waals surface area contributed by atoms with Gasteiger partial charge in [0.25, 0.3) is 0 Å². The Bertz CT molecular complexity index is 632. The normalized spacial score (nSPS) is 12.3. The first-order chi connectivity index (χ1) is 13.4. The van der Waals surface area contributed by atoms with Crippen LogP contribution in [0.3, 0.4) is 0 Å². The molecule has 1 amide bonds. The molecule has 1 atom stereocenters. The molecule has 1 aromatic carbocycles. The van der Waals surface area contributed by atoms with Gasteiger partial charge in [-0.3, -0.25) is 4.79 Å². The highest BCUT2D eigenvalue weighted by Gasteiger charge is 2.13. The third-order valence-corrected chi connectivity index (χ3v) is 4.11. The molecule has 7 heteroatoms. The molecule has 0 spiro atoms. The summed E-state index contributed by atoms with van der Waals surface area (Å²) in [4.78, 5) is 17.9. The summed E-state index contributed by atoms with van der Waals surface area (Å²) in [5.74, 6) is 2.06. The molecular weight excluding hydrogens is 356 g/mol. The first-order valence-electron chi connectivity index (χ1n) is 10.1. The molecule has 0 aliphatic heterocycles. The van der Waals surface area contributed by atoms with Gasteiger partial charge in [0.1, 0.15) is 6.54 Å². The SMILES string of the molecule is CCCCNC(=NCC(=O)N(C)C)NC(C)c1ccc(OCC)c(OCC)c1. The largest absolute Gasteiger partial charge is 0.490 e. The minimum atomic E-state index is -0.0380. The van der Waals surface area contributed by atoms with Gasteiger partial charge in [0.15, 0.2) is 17.5 Å². The number of guanidine groups is 1. The zero-order chi connectivity index (χ0) is 20.9. The van der Waals surface area contributed by atoms with Crippen LogP contribution >= 0.6 is 0 Å². The molecule has 0 aliphatic rings. The number of benzene rings is 1. The number of amides is 1. The fourth-order valence-corrected chi connectivity index (χ4v) is 2.45. The Morgan fingerprint density at radius 2 is 1.82 bits per heavy atom. The Kier molecular flexibility index (Phi) is 10.8. The number of ether oxygens (including phenoxy) is 2. The summed E-state index contributed by atoms with van der Waals surface area (Å²) < 4.78 is 11.4. The van der Waals surface area contributed by atoms with E-state index in [4.69, 9.17) is 9.47 Å². The average molecular weight is 393 g/mol. The van der Waals surface area contributed by atoms with E-state index in [9.17, 15) is 4.79 Å². The van der Waals surface area contributed by atoms with Crippen LogP contribution in [0, 0.1) is 0 Å². The lowest BCUT2D eigenvalue weighted by molar-refractivity contribution is -0.127. The van der Waals surface area contributed by atoms with Crippen molar-refractivity contribution >= 4 is 11.9 Å². The van der Waals surface area contributed by atoms with Crippen molar-refractivity contribution in [2.75, 3.05) is 40.4 Å². The Morgan fingerprint density at radius 3 is 2.43 bits per heavy atom. The number of unbranched alkanes of at least 4 members (excludes halogenated alkanes) is 1. The smallest absolute Gasteiger partial charge is 0.243 e. The van der Waals surface area contributed by atoms with Gasteiger partial charge in [-0.1, -0.05) is 19.4 Å². The Labute approximate surface area is 169 Å². The van der Waals surface area contributed by atoms with Crippen LogP contribution in [0.4, 0.5) is 0 Å². The first kappa shape index (κ1) is 23.6. The maximum absolute atomic E-state index is 11.9. The van der Waals surface area contributed by atoms with Crippen LogP contribution in [0.15, 0.2) is 23.2 Å². The molecule has 1 unspecified atom stereocenters. The number of nitrogens with one attached hydrogen (secondary N) is 2. The number of rotatable bonds is 11. The van der Waals surface area contributed by atoms with Crippen LogP contribution in [0.1, 0.15) is 52.1 Å². The van der Waals surface area contributed by atoms with Crippen molar-refractivity contribution in [1.82, 2.24) is 15.5 Å². The van der Waals surface area contributed by atoms with E-state index in [1.54, 1.807) is 14.1 Å². The van der Waals surface area contributed by atoms with Gasteiger partial charge in [-0.05, 0) is 44.9 Å². The highest BCUT2D eigenvalue weighted by atomic mass is 16.5. The Hall–Kier alpha value is -2.44. The number of carbonyl (C=O) groups is 1. The van der Waals surface area contributed by atoms with Crippen LogP contribution in [-0.2, 0) is 4.79 Å². The fourth-order valence-electron chi connectivity index (χ4n) is 2.45. The van der Waals surface area contributed by atoms with Crippen molar-refractivity contribution in [3.05, 3.63) is 23.8 Å². The number of likely N-dealkylation sites (N-methyl/N-ethyl adjacent to an activating group) is 1. The van der Waals surface area contributed by atoms with Gasteiger partial charge < -0.3 is 25.0 Å². The third-order valence-electron chi connectivity index (χ3n) is 4.11. The summed E-state index contributed by atoms with van der Waals surface area (Å²) in [5.41, 5.74) is 1.05. The Morgan fingerprint density at radius 1 is 1.14 bits per heavy atom. The highest BCUT2D eigenvalue weighted by molar-refractivity contribution is 5.85. The van der Waals surface area contributed by atoms with Crippen LogP contribution in [-0.4, -0.2) is 57.2 Å². The van der Waals surface area contributed by atoms with Gasteiger partial charge in [-0.15, -0.1) is 0 Å². The molecule has 28 heavy (non-hydrogen) atoms. The predicted molar refractivity (Wildman–Crippen MR) is 114 cm³/mol. The summed E-state index contributed by atoms with van der Waals surface area (Å²) in [6, 6.07) is 5.91. The minimum Gasteiger partial charge on any atom is -0.490 e. The predicted octanol–water partition coefficient (Wildman–Crippen LogP) is 2.97. The fraction of sp³-hybridized carbons (Fsp3) is 0.619. The molecule has 1 rings (SSSR count). The van der Waals surface area contributed by atoms with Crippen LogP contribution < -0.4 is 20.1 Å². The van der Waals surface area contributed by atoms with Gasteiger partial charge in [-0.2, -0.15) is 0 Å². The minimum absolute atomic E-state index is 0.0165. The van der Waals surface area contributed by atoms with Gasteiger partial charge in [0.05, 0.1) is 19.3 Å². The molecular formula is C21H36N4O3.